The Balaban J connectivity index is 2.07. The van der Waals surface area contributed by atoms with Crippen LogP contribution in [0.15, 0.2) is 114 Å². The van der Waals surface area contributed by atoms with E-state index in [4.69, 9.17) is 58.0 Å². The largest absolute Gasteiger partial charge is 0.379 e. The van der Waals surface area contributed by atoms with Crippen molar-refractivity contribution in [3.63, 3.8) is 0 Å². The Morgan fingerprint density at radius 1 is 0.727 bits per heavy atom. The monoisotopic (exact) mass is 536 g/mol. The molecule has 0 saturated heterocycles. The maximum atomic E-state index is 12.7. The minimum Gasteiger partial charge on any atom is -0.379 e. The molecule has 170 valence electrons. The standard InChI is InChI=1S/C27H21Cl5O/c28-25(29)17-16-22(23(18-25)27(30,31)32)24(19-10-4-1-5-11-19)26(33,20-12-6-2-7-13-20)21-14-8-3-9-15-21/h1-17,24,33H,18H2. The highest BCUT2D eigenvalue weighted by Gasteiger charge is 2.47. The maximum Gasteiger partial charge on any atom is 0.212 e. The molecule has 1 unspecified atom stereocenters. The first-order valence-corrected chi connectivity index (χ1v) is 12.3. The molecule has 1 atom stereocenters. The van der Waals surface area contributed by atoms with E-state index >= 15 is 0 Å². The molecule has 0 aromatic heterocycles. The number of benzene rings is 3. The topological polar surface area (TPSA) is 20.2 Å². The van der Waals surface area contributed by atoms with Gasteiger partial charge in [0.05, 0.1) is 0 Å². The van der Waals surface area contributed by atoms with Gasteiger partial charge in [0.1, 0.15) is 9.93 Å². The van der Waals surface area contributed by atoms with Crippen LogP contribution in [0, 0.1) is 0 Å². The van der Waals surface area contributed by atoms with Gasteiger partial charge >= 0.3 is 0 Å². The molecule has 0 spiro atoms. The predicted molar refractivity (Wildman–Crippen MR) is 141 cm³/mol. The molecule has 0 aliphatic heterocycles. The van der Waals surface area contributed by atoms with Crippen molar-refractivity contribution >= 4 is 58.0 Å². The van der Waals surface area contributed by atoms with Crippen LogP contribution in [0.3, 0.4) is 0 Å². The van der Waals surface area contributed by atoms with Crippen molar-refractivity contribution < 1.29 is 5.11 Å². The third kappa shape index (κ3) is 5.15. The first-order valence-electron chi connectivity index (χ1n) is 10.4. The average Bonchev–Trinajstić information content (AvgIpc) is 2.81. The van der Waals surface area contributed by atoms with Gasteiger partial charge in [-0.3, -0.25) is 0 Å². The van der Waals surface area contributed by atoms with E-state index in [1.54, 1.807) is 12.2 Å². The summed E-state index contributed by atoms with van der Waals surface area (Å²) in [5, 5.41) is 12.7. The highest BCUT2D eigenvalue weighted by atomic mass is 35.6. The van der Waals surface area contributed by atoms with Gasteiger partial charge in [0.15, 0.2) is 0 Å². The van der Waals surface area contributed by atoms with Crippen molar-refractivity contribution in [2.45, 2.75) is 26.1 Å². The summed E-state index contributed by atoms with van der Waals surface area (Å²) in [6.07, 6.45) is 3.56. The minimum absolute atomic E-state index is 0.113. The molecule has 0 fully saturated rings. The zero-order valence-electron chi connectivity index (χ0n) is 17.4. The zero-order valence-corrected chi connectivity index (χ0v) is 21.2. The van der Waals surface area contributed by atoms with E-state index in [1.807, 2.05) is 91.0 Å². The summed E-state index contributed by atoms with van der Waals surface area (Å²) < 4.78 is -2.99. The van der Waals surface area contributed by atoms with Crippen molar-refractivity contribution in [1.29, 1.82) is 0 Å². The van der Waals surface area contributed by atoms with Gasteiger partial charge in [0.25, 0.3) is 0 Å². The lowest BCUT2D eigenvalue weighted by atomic mass is 9.68. The summed E-state index contributed by atoms with van der Waals surface area (Å²) in [6.45, 7) is 0. The van der Waals surface area contributed by atoms with Crippen LogP contribution in [0.4, 0.5) is 0 Å². The van der Waals surface area contributed by atoms with Gasteiger partial charge in [-0.1, -0.05) is 155 Å². The van der Waals surface area contributed by atoms with Gasteiger partial charge < -0.3 is 5.11 Å². The summed E-state index contributed by atoms with van der Waals surface area (Å²) in [5.74, 6) is -0.616. The van der Waals surface area contributed by atoms with Crippen LogP contribution in [-0.2, 0) is 5.60 Å². The van der Waals surface area contributed by atoms with E-state index in [0.717, 1.165) is 5.56 Å². The van der Waals surface area contributed by atoms with E-state index in [0.29, 0.717) is 22.3 Å². The summed E-state index contributed by atoms with van der Waals surface area (Å²) >= 11 is 32.2. The molecule has 0 bridgehead atoms. The number of hydrogen-bond acceptors (Lipinski definition) is 1. The van der Waals surface area contributed by atoms with Gasteiger partial charge in [-0.05, 0) is 33.9 Å². The minimum atomic E-state index is -1.77. The molecular weight excluding hydrogens is 518 g/mol. The van der Waals surface area contributed by atoms with Crippen molar-refractivity contribution in [2.75, 3.05) is 0 Å². The van der Waals surface area contributed by atoms with Crippen LogP contribution in [0.2, 0.25) is 0 Å². The highest BCUT2D eigenvalue weighted by molar-refractivity contribution is 6.69. The van der Waals surface area contributed by atoms with Crippen LogP contribution in [0.1, 0.15) is 29.0 Å². The van der Waals surface area contributed by atoms with E-state index in [2.05, 4.69) is 0 Å². The maximum absolute atomic E-state index is 12.7. The van der Waals surface area contributed by atoms with Crippen molar-refractivity contribution in [2.24, 2.45) is 0 Å². The Hall–Kier alpha value is -1.45. The van der Waals surface area contributed by atoms with Gasteiger partial charge in [-0.15, -0.1) is 0 Å². The fourth-order valence-electron chi connectivity index (χ4n) is 4.42. The Kier molecular flexibility index (Phi) is 7.22. The Morgan fingerprint density at radius 2 is 1.18 bits per heavy atom. The molecule has 6 heteroatoms. The Morgan fingerprint density at radius 3 is 1.64 bits per heavy atom. The molecule has 0 heterocycles. The fraction of sp³-hybridized carbons (Fsp3) is 0.185. The zero-order chi connectivity index (χ0) is 23.7. The first kappa shape index (κ1) is 24.7. The number of halogens is 5. The van der Waals surface area contributed by atoms with E-state index in [1.165, 1.54) is 0 Å². The molecule has 4 rings (SSSR count). The first-order chi connectivity index (χ1) is 15.6. The van der Waals surface area contributed by atoms with E-state index < -0.39 is 19.6 Å². The van der Waals surface area contributed by atoms with Crippen LogP contribution >= 0.6 is 58.0 Å². The highest BCUT2D eigenvalue weighted by Crippen LogP contribution is 2.54. The van der Waals surface area contributed by atoms with Gasteiger partial charge in [0, 0.05) is 12.3 Å². The molecule has 0 radical (unpaired) electrons. The van der Waals surface area contributed by atoms with Gasteiger partial charge in [0.2, 0.25) is 3.79 Å². The van der Waals surface area contributed by atoms with E-state index in [-0.39, 0.29) is 6.42 Å². The van der Waals surface area contributed by atoms with Crippen molar-refractivity contribution in [3.05, 3.63) is 131 Å². The molecular formula is C27H21Cl5O. The van der Waals surface area contributed by atoms with Gasteiger partial charge in [-0.2, -0.15) is 0 Å². The van der Waals surface area contributed by atoms with Crippen molar-refractivity contribution in [1.82, 2.24) is 0 Å². The summed E-state index contributed by atoms with van der Waals surface area (Å²) in [5.41, 5.74) is 1.90. The van der Waals surface area contributed by atoms with Gasteiger partial charge in [-0.25, -0.2) is 0 Å². The summed E-state index contributed by atoms with van der Waals surface area (Å²) in [4.78, 5) is 0. The van der Waals surface area contributed by atoms with Crippen molar-refractivity contribution in [3.8, 4) is 0 Å². The molecule has 1 N–H and O–H groups in total. The molecule has 3 aromatic carbocycles. The number of hydrogen-bond donors (Lipinski definition) is 1. The lowest BCUT2D eigenvalue weighted by Crippen LogP contribution is -2.38. The summed E-state index contributed by atoms with van der Waals surface area (Å²) in [7, 11) is 0. The number of aliphatic hydroxyl groups is 1. The SMILES string of the molecule is OC(c1ccccc1)(c1ccccc1)C(C1=C(C(Cl)(Cl)Cl)CC(Cl)(Cl)C=C1)c1ccccc1. The number of alkyl halides is 5. The molecule has 1 aliphatic carbocycles. The van der Waals surface area contributed by atoms with E-state index in [9.17, 15) is 5.11 Å². The fourth-order valence-corrected chi connectivity index (χ4v) is 5.34. The normalized spacial score (nSPS) is 17.2. The third-order valence-electron chi connectivity index (χ3n) is 5.90. The molecule has 1 aliphatic rings. The lowest BCUT2D eigenvalue weighted by Gasteiger charge is -2.41. The third-order valence-corrected chi connectivity index (χ3v) is 7.10. The van der Waals surface area contributed by atoms with Crippen LogP contribution < -0.4 is 0 Å². The Labute approximate surface area is 219 Å². The van der Waals surface area contributed by atoms with Crippen LogP contribution in [-0.4, -0.2) is 13.2 Å². The second kappa shape index (κ2) is 9.66. The molecule has 33 heavy (non-hydrogen) atoms. The predicted octanol–water partition coefficient (Wildman–Crippen LogP) is 8.51. The second-order valence-electron chi connectivity index (χ2n) is 8.04. The lowest BCUT2D eigenvalue weighted by molar-refractivity contribution is 0.0617. The van der Waals surface area contributed by atoms with Crippen LogP contribution in [0.25, 0.3) is 0 Å². The molecule has 0 saturated carbocycles. The van der Waals surface area contributed by atoms with Crippen LogP contribution in [0.5, 0.6) is 0 Å². The number of allylic oxidation sites excluding steroid dienone is 3. The Bertz CT molecular complexity index is 1110. The molecule has 3 aromatic rings. The quantitative estimate of drug-likeness (QED) is 0.323. The summed E-state index contributed by atoms with van der Waals surface area (Å²) in [6, 6.07) is 28.7. The smallest absolute Gasteiger partial charge is 0.212 e. The number of rotatable bonds is 5. The molecule has 1 nitrogen and oxygen atoms in total. The molecule has 0 amide bonds. The second-order valence-corrected chi connectivity index (χ2v) is 11.9. The average molecular weight is 539 g/mol.